The highest BCUT2D eigenvalue weighted by atomic mass is 19.1. The number of hydrogen-bond acceptors (Lipinski definition) is 1. The summed E-state index contributed by atoms with van der Waals surface area (Å²) < 4.78 is 13.0. The van der Waals surface area contributed by atoms with Crippen LogP contribution in [0.2, 0.25) is 0 Å². The Labute approximate surface area is 85.1 Å². The summed E-state index contributed by atoms with van der Waals surface area (Å²) in [7, 11) is 0. The van der Waals surface area contributed by atoms with Gasteiger partial charge in [-0.2, -0.15) is 0 Å². The zero-order valence-corrected chi connectivity index (χ0v) is 9.05. The van der Waals surface area contributed by atoms with Gasteiger partial charge >= 0.3 is 0 Å². The number of halogens is 1. The lowest BCUT2D eigenvalue weighted by atomic mass is 9.94. The Morgan fingerprint density at radius 2 is 2.00 bits per heavy atom. The Bertz CT molecular complexity index is 307. The summed E-state index contributed by atoms with van der Waals surface area (Å²) in [6, 6.07) is 4.75. The molecule has 1 aromatic carbocycles. The van der Waals surface area contributed by atoms with Crippen molar-refractivity contribution in [1.82, 2.24) is 0 Å². The molecule has 2 heteroatoms. The number of benzene rings is 1. The molecule has 2 N–H and O–H groups in total. The van der Waals surface area contributed by atoms with E-state index in [-0.39, 0.29) is 11.9 Å². The van der Waals surface area contributed by atoms with Gasteiger partial charge in [-0.25, -0.2) is 4.39 Å². The van der Waals surface area contributed by atoms with Crippen molar-refractivity contribution in [2.45, 2.75) is 33.2 Å². The smallest absolute Gasteiger partial charge is 0.123 e. The lowest BCUT2D eigenvalue weighted by Crippen LogP contribution is -2.14. The van der Waals surface area contributed by atoms with Gasteiger partial charge < -0.3 is 5.73 Å². The lowest BCUT2D eigenvalue weighted by Gasteiger charge is -2.16. The predicted octanol–water partition coefficient (Wildman–Crippen LogP) is 3.18. The SMILES string of the molecule is Cc1ccc(F)cc1[C@@H](N)CC(C)C. The monoisotopic (exact) mass is 195 g/mol. The summed E-state index contributed by atoms with van der Waals surface area (Å²) in [5, 5.41) is 0. The summed E-state index contributed by atoms with van der Waals surface area (Å²) in [6.07, 6.45) is 0.893. The summed E-state index contributed by atoms with van der Waals surface area (Å²) in [4.78, 5) is 0. The molecule has 0 aliphatic carbocycles. The molecule has 1 atom stereocenters. The Morgan fingerprint density at radius 1 is 1.36 bits per heavy atom. The van der Waals surface area contributed by atoms with Crippen LogP contribution in [0, 0.1) is 18.7 Å². The molecule has 0 saturated heterocycles. The summed E-state index contributed by atoms with van der Waals surface area (Å²) in [6.45, 7) is 6.21. The van der Waals surface area contributed by atoms with Crippen LogP contribution < -0.4 is 5.73 Å². The fourth-order valence-electron chi connectivity index (χ4n) is 1.65. The minimum Gasteiger partial charge on any atom is -0.324 e. The fraction of sp³-hybridized carbons (Fsp3) is 0.500. The van der Waals surface area contributed by atoms with Crippen molar-refractivity contribution in [2.24, 2.45) is 11.7 Å². The van der Waals surface area contributed by atoms with Crippen molar-refractivity contribution in [3.63, 3.8) is 0 Å². The highest BCUT2D eigenvalue weighted by molar-refractivity contribution is 5.29. The third-order valence-corrected chi connectivity index (χ3v) is 2.37. The van der Waals surface area contributed by atoms with Gasteiger partial charge in [0.25, 0.3) is 0 Å². The predicted molar refractivity (Wildman–Crippen MR) is 57.5 cm³/mol. The van der Waals surface area contributed by atoms with Gasteiger partial charge in [0.15, 0.2) is 0 Å². The topological polar surface area (TPSA) is 26.0 Å². The molecule has 1 rings (SSSR count). The zero-order chi connectivity index (χ0) is 10.7. The van der Waals surface area contributed by atoms with E-state index >= 15 is 0 Å². The van der Waals surface area contributed by atoms with Crippen molar-refractivity contribution in [3.8, 4) is 0 Å². The van der Waals surface area contributed by atoms with Crippen LogP contribution in [0.4, 0.5) is 4.39 Å². The van der Waals surface area contributed by atoms with Gasteiger partial charge in [0, 0.05) is 6.04 Å². The Morgan fingerprint density at radius 3 is 2.57 bits per heavy atom. The van der Waals surface area contributed by atoms with Crippen LogP contribution in [0.15, 0.2) is 18.2 Å². The van der Waals surface area contributed by atoms with E-state index in [9.17, 15) is 4.39 Å². The van der Waals surface area contributed by atoms with E-state index in [1.807, 2.05) is 6.92 Å². The largest absolute Gasteiger partial charge is 0.324 e. The molecule has 0 aliphatic rings. The first kappa shape index (κ1) is 11.2. The molecule has 1 aromatic rings. The van der Waals surface area contributed by atoms with Crippen LogP contribution in [-0.2, 0) is 0 Å². The van der Waals surface area contributed by atoms with E-state index in [1.165, 1.54) is 6.07 Å². The maximum atomic E-state index is 13.0. The average Bonchev–Trinajstić information content (AvgIpc) is 2.08. The molecule has 0 aromatic heterocycles. The fourth-order valence-corrected chi connectivity index (χ4v) is 1.65. The molecular weight excluding hydrogens is 177 g/mol. The zero-order valence-electron chi connectivity index (χ0n) is 9.05. The number of aryl methyl sites for hydroxylation is 1. The van der Waals surface area contributed by atoms with Crippen molar-refractivity contribution in [2.75, 3.05) is 0 Å². The quantitative estimate of drug-likeness (QED) is 0.787. The second kappa shape index (κ2) is 4.56. The first-order valence-electron chi connectivity index (χ1n) is 5.02. The van der Waals surface area contributed by atoms with Crippen LogP contribution >= 0.6 is 0 Å². The first-order valence-corrected chi connectivity index (χ1v) is 5.02. The second-order valence-electron chi connectivity index (χ2n) is 4.24. The second-order valence-corrected chi connectivity index (χ2v) is 4.24. The molecule has 0 radical (unpaired) electrons. The first-order chi connectivity index (χ1) is 6.50. The van der Waals surface area contributed by atoms with Gasteiger partial charge in [0.2, 0.25) is 0 Å². The Balaban J connectivity index is 2.88. The molecule has 0 fully saturated rings. The van der Waals surface area contributed by atoms with Crippen LogP contribution in [-0.4, -0.2) is 0 Å². The van der Waals surface area contributed by atoms with Gasteiger partial charge in [-0.1, -0.05) is 19.9 Å². The minimum atomic E-state index is -0.204. The maximum absolute atomic E-state index is 13.0. The summed E-state index contributed by atoms with van der Waals surface area (Å²) in [5.41, 5.74) is 8.00. The molecule has 0 saturated carbocycles. The maximum Gasteiger partial charge on any atom is 0.123 e. The van der Waals surface area contributed by atoms with Gasteiger partial charge in [-0.3, -0.25) is 0 Å². The number of nitrogens with two attached hydrogens (primary N) is 1. The summed E-state index contributed by atoms with van der Waals surface area (Å²) in [5.74, 6) is 0.331. The van der Waals surface area contributed by atoms with Gasteiger partial charge in [-0.15, -0.1) is 0 Å². The van der Waals surface area contributed by atoms with Crippen LogP contribution in [0.25, 0.3) is 0 Å². The molecule has 0 bridgehead atoms. The van der Waals surface area contributed by atoms with Crippen molar-refractivity contribution >= 4 is 0 Å². The molecule has 14 heavy (non-hydrogen) atoms. The summed E-state index contributed by atoms with van der Waals surface area (Å²) >= 11 is 0. The Kier molecular flexibility index (Phi) is 3.64. The highest BCUT2D eigenvalue weighted by Crippen LogP contribution is 2.22. The van der Waals surface area contributed by atoms with Gasteiger partial charge in [0.05, 0.1) is 0 Å². The minimum absolute atomic E-state index is 0.0503. The molecule has 0 heterocycles. The third kappa shape index (κ3) is 2.81. The number of rotatable bonds is 3. The highest BCUT2D eigenvalue weighted by Gasteiger charge is 2.11. The molecular formula is C12H18FN. The number of hydrogen-bond donors (Lipinski definition) is 1. The molecule has 0 aliphatic heterocycles. The molecule has 78 valence electrons. The van der Waals surface area contributed by atoms with E-state index in [4.69, 9.17) is 5.73 Å². The van der Waals surface area contributed by atoms with E-state index in [0.717, 1.165) is 17.5 Å². The average molecular weight is 195 g/mol. The Hall–Kier alpha value is -0.890. The molecule has 1 nitrogen and oxygen atoms in total. The van der Waals surface area contributed by atoms with Crippen molar-refractivity contribution < 1.29 is 4.39 Å². The van der Waals surface area contributed by atoms with E-state index in [1.54, 1.807) is 12.1 Å². The van der Waals surface area contributed by atoms with Crippen LogP contribution in [0.3, 0.4) is 0 Å². The van der Waals surface area contributed by atoms with Crippen LogP contribution in [0.1, 0.15) is 37.4 Å². The van der Waals surface area contributed by atoms with Gasteiger partial charge in [-0.05, 0) is 42.5 Å². The molecule has 0 spiro atoms. The van der Waals surface area contributed by atoms with E-state index in [0.29, 0.717) is 5.92 Å². The van der Waals surface area contributed by atoms with E-state index < -0.39 is 0 Å². The van der Waals surface area contributed by atoms with Crippen LogP contribution in [0.5, 0.6) is 0 Å². The standard InChI is InChI=1S/C12H18FN/c1-8(2)6-12(14)11-7-10(13)5-4-9(11)3/h4-5,7-8,12H,6,14H2,1-3H3/t12-/m0/s1. The van der Waals surface area contributed by atoms with E-state index in [2.05, 4.69) is 13.8 Å². The normalized spacial score (nSPS) is 13.3. The van der Waals surface area contributed by atoms with Crippen molar-refractivity contribution in [1.29, 1.82) is 0 Å². The molecule has 0 unspecified atom stereocenters. The van der Waals surface area contributed by atoms with Crippen molar-refractivity contribution in [3.05, 3.63) is 35.1 Å². The van der Waals surface area contributed by atoms with Gasteiger partial charge in [0.1, 0.15) is 5.82 Å². The lowest BCUT2D eigenvalue weighted by molar-refractivity contribution is 0.505. The molecule has 0 amide bonds. The third-order valence-electron chi connectivity index (χ3n) is 2.37.